The van der Waals surface area contributed by atoms with Gasteiger partial charge < -0.3 is 15.2 Å². The van der Waals surface area contributed by atoms with Crippen LogP contribution in [0.1, 0.15) is 31.1 Å². The van der Waals surface area contributed by atoms with Gasteiger partial charge in [-0.2, -0.15) is 0 Å². The Labute approximate surface area is 125 Å². The number of nitrogens with zero attached hydrogens (tertiary/aromatic N) is 1. The Hall–Kier alpha value is -1.63. The van der Waals surface area contributed by atoms with Crippen LogP contribution in [0.2, 0.25) is 0 Å². The van der Waals surface area contributed by atoms with Crippen LogP contribution in [0, 0.1) is 5.41 Å². The molecule has 0 fully saturated rings. The van der Waals surface area contributed by atoms with E-state index < -0.39 is 23.4 Å². The second-order valence-electron chi connectivity index (χ2n) is 5.33. The van der Waals surface area contributed by atoms with E-state index in [9.17, 15) is 14.7 Å². The average Bonchev–Trinajstić information content (AvgIpc) is 2.34. The maximum Gasteiger partial charge on any atom is 0.339 e. The minimum Gasteiger partial charge on any atom is -0.480 e. The molecule has 0 unspecified atom stereocenters. The number of esters is 1. The fourth-order valence-corrected chi connectivity index (χ4v) is 2.02. The number of carboxylic acids is 1. The van der Waals surface area contributed by atoms with Gasteiger partial charge in [-0.15, -0.1) is 0 Å². The molecule has 6 nitrogen and oxygen atoms in total. The third kappa shape index (κ3) is 3.93. The summed E-state index contributed by atoms with van der Waals surface area (Å²) in [6, 6.07) is 0.721. The van der Waals surface area contributed by atoms with Crippen molar-refractivity contribution in [3.05, 3.63) is 22.3 Å². The second-order valence-corrected chi connectivity index (χ2v) is 6.18. The summed E-state index contributed by atoms with van der Waals surface area (Å²) >= 11 is 3.26. The molecule has 1 aromatic rings. The van der Waals surface area contributed by atoms with Gasteiger partial charge >= 0.3 is 11.9 Å². The molecular formula is C13H17BrN2O4. The Balaban J connectivity index is 3.04. The van der Waals surface area contributed by atoms with E-state index in [1.54, 1.807) is 0 Å². The number of anilines is 1. The van der Waals surface area contributed by atoms with Gasteiger partial charge in [0.25, 0.3) is 0 Å². The van der Waals surface area contributed by atoms with Gasteiger partial charge in [0.1, 0.15) is 11.9 Å². The van der Waals surface area contributed by atoms with Crippen LogP contribution < -0.4 is 5.32 Å². The first kappa shape index (κ1) is 16.4. The zero-order valence-electron chi connectivity index (χ0n) is 11.7. The lowest BCUT2D eigenvalue weighted by molar-refractivity contribution is -0.140. The lowest BCUT2D eigenvalue weighted by Gasteiger charge is -2.28. The zero-order chi connectivity index (χ0) is 15.5. The van der Waals surface area contributed by atoms with Gasteiger partial charge in [0.15, 0.2) is 0 Å². The van der Waals surface area contributed by atoms with E-state index in [0.717, 1.165) is 0 Å². The Bertz CT molecular complexity index is 526. The fraction of sp³-hybridized carbons (Fsp3) is 0.462. The lowest BCUT2D eigenvalue weighted by Crippen LogP contribution is -2.41. The number of methoxy groups -OCH3 is 1. The molecule has 0 saturated carbocycles. The highest BCUT2D eigenvalue weighted by atomic mass is 79.9. The number of ether oxygens (including phenoxy) is 1. The summed E-state index contributed by atoms with van der Waals surface area (Å²) in [5, 5.41) is 12.1. The monoisotopic (exact) mass is 344 g/mol. The first-order valence-corrected chi connectivity index (χ1v) is 6.69. The van der Waals surface area contributed by atoms with E-state index >= 15 is 0 Å². The molecule has 110 valence electrons. The molecular weight excluding hydrogens is 328 g/mol. The number of aromatic nitrogens is 1. The molecule has 0 aliphatic rings. The number of hydrogen-bond donors (Lipinski definition) is 2. The van der Waals surface area contributed by atoms with E-state index in [0.29, 0.717) is 10.3 Å². The summed E-state index contributed by atoms with van der Waals surface area (Å²) in [5.74, 6) is -1.11. The summed E-state index contributed by atoms with van der Waals surface area (Å²) in [7, 11) is 1.28. The second kappa shape index (κ2) is 6.21. The molecule has 1 heterocycles. The summed E-state index contributed by atoms with van der Waals surface area (Å²) in [6.45, 7) is 5.44. The SMILES string of the molecule is COC(=O)c1cnc(N[C@H](C(=O)O)C(C)(C)C)c(Br)c1. The van der Waals surface area contributed by atoms with Crippen molar-refractivity contribution in [3.8, 4) is 0 Å². The largest absolute Gasteiger partial charge is 0.480 e. The summed E-state index contributed by atoms with van der Waals surface area (Å²) in [6.07, 6.45) is 1.33. The Kier molecular flexibility index (Phi) is 5.10. The minimum atomic E-state index is -0.969. The Morgan fingerprint density at radius 1 is 1.45 bits per heavy atom. The first-order valence-electron chi connectivity index (χ1n) is 5.90. The van der Waals surface area contributed by atoms with Crippen molar-refractivity contribution >= 4 is 33.7 Å². The van der Waals surface area contributed by atoms with Crippen LogP contribution in [0.25, 0.3) is 0 Å². The molecule has 1 rings (SSSR count). The first-order chi connectivity index (χ1) is 9.16. The molecule has 0 amide bonds. The van der Waals surface area contributed by atoms with Crippen molar-refractivity contribution in [2.45, 2.75) is 26.8 Å². The minimum absolute atomic E-state index is 0.285. The molecule has 0 aliphatic carbocycles. The van der Waals surface area contributed by atoms with Gasteiger partial charge in [-0.25, -0.2) is 14.6 Å². The maximum atomic E-state index is 11.4. The maximum absolute atomic E-state index is 11.4. The highest BCUT2D eigenvalue weighted by Crippen LogP contribution is 2.27. The normalized spacial score (nSPS) is 12.7. The number of rotatable bonds is 4. The molecule has 0 spiro atoms. The molecule has 0 radical (unpaired) electrons. The van der Waals surface area contributed by atoms with Gasteiger partial charge in [-0.3, -0.25) is 0 Å². The number of carbonyl (C=O) groups excluding carboxylic acids is 1. The molecule has 0 bridgehead atoms. The predicted molar refractivity (Wildman–Crippen MR) is 77.8 cm³/mol. The van der Waals surface area contributed by atoms with E-state index in [1.807, 2.05) is 20.8 Å². The van der Waals surface area contributed by atoms with Crippen molar-refractivity contribution in [3.63, 3.8) is 0 Å². The number of carboxylic acid groups (broad SMARTS) is 1. The van der Waals surface area contributed by atoms with Gasteiger partial charge in [0.2, 0.25) is 0 Å². The molecule has 0 aromatic carbocycles. The van der Waals surface area contributed by atoms with E-state index in [4.69, 9.17) is 0 Å². The highest BCUT2D eigenvalue weighted by molar-refractivity contribution is 9.10. The van der Waals surface area contributed by atoms with Crippen LogP contribution in [0.3, 0.4) is 0 Å². The van der Waals surface area contributed by atoms with Crippen molar-refractivity contribution in [1.29, 1.82) is 0 Å². The molecule has 0 aliphatic heterocycles. The van der Waals surface area contributed by atoms with Crippen LogP contribution in [0.4, 0.5) is 5.82 Å². The van der Waals surface area contributed by atoms with Crippen molar-refractivity contribution in [2.24, 2.45) is 5.41 Å². The molecule has 1 atom stereocenters. The third-order valence-corrected chi connectivity index (χ3v) is 3.26. The van der Waals surface area contributed by atoms with Gasteiger partial charge in [0.05, 0.1) is 17.1 Å². The van der Waals surface area contributed by atoms with Crippen molar-refractivity contribution in [2.75, 3.05) is 12.4 Å². The van der Waals surface area contributed by atoms with Crippen LogP contribution >= 0.6 is 15.9 Å². The molecule has 0 saturated heterocycles. The van der Waals surface area contributed by atoms with E-state index in [2.05, 4.69) is 31.0 Å². The van der Waals surface area contributed by atoms with E-state index in [1.165, 1.54) is 19.4 Å². The van der Waals surface area contributed by atoms with Crippen molar-refractivity contribution in [1.82, 2.24) is 4.98 Å². The van der Waals surface area contributed by atoms with Crippen LogP contribution in [0.15, 0.2) is 16.7 Å². The molecule has 7 heteroatoms. The third-order valence-electron chi connectivity index (χ3n) is 2.66. The predicted octanol–water partition coefficient (Wildman–Crippen LogP) is 2.54. The number of pyridine rings is 1. The van der Waals surface area contributed by atoms with E-state index in [-0.39, 0.29) is 5.56 Å². The molecule has 2 N–H and O–H groups in total. The number of aliphatic carboxylic acids is 1. The molecule has 20 heavy (non-hydrogen) atoms. The Morgan fingerprint density at radius 2 is 2.05 bits per heavy atom. The number of hydrogen-bond acceptors (Lipinski definition) is 5. The van der Waals surface area contributed by atoms with Gasteiger partial charge in [-0.05, 0) is 27.4 Å². The number of nitrogens with one attached hydrogen (secondary N) is 1. The summed E-state index contributed by atoms with van der Waals surface area (Å²) < 4.78 is 5.09. The smallest absolute Gasteiger partial charge is 0.339 e. The highest BCUT2D eigenvalue weighted by Gasteiger charge is 2.32. The number of carbonyl (C=O) groups is 2. The van der Waals surface area contributed by atoms with Crippen LogP contribution in [0.5, 0.6) is 0 Å². The Morgan fingerprint density at radius 3 is 2.45 bits per heavy atom. The van der Waals surface area contributed by atoms with Gasteiger partial charge in [0, 0.05) is 6.20 Å². The zero-order valence-corrected chi connectivity index (χ0v) is 13.3. The fourth-order valence-electron chi connectivity index (χ4n) is 1.56. The average molecular weight is 345 g/mol. The van der Waals surface area contributed by atoms with Crippen molar-refractivity contribution < 1.29 is 19.4 Å². The topological polar surface area (TPSA) is 88.5 Å². The lowest BCUT2D eigenvalue weighted by atomic mass is 9.87. The van der Waals surface area contributed by atoms with Crippen LogP contribution in [-0.4, -0.2) is 35.2 Å². The summed E-state index contributed by atoms with van der Waals surface area (Å²) in [5.41, 5.74) is -0.207. The number of halogens is 1. The summed E-state index contributed by atoms with van der Waals surface area (Å²) in [4.78, 5) is 26.7. The quantitative estimate of drug-likeness (QED) is 0.816. The standard InChI is InChI=1S/C13H17BrN2O4/c1-13(2,3)9(11(17)18)16-10-8(14)5-7(6-15-10)12(19)20-4/h5-6,9H,1-4H3,(H,15,16)(H,17,18)/t9-/m1/s1. The molecule has 1 aromatic heterocycles. The van der Waals surface area contributed by atoms with Gasteiger partial charge in [-0.1, -0.05) is 20.8 Å². The van der Waals surface area contributed by atoms with Crippen LogP contribution in [-0.2, 0) is 9.53 Å².